The van der Waals surface area contributed by atoms with Crippen LogP contribution >= 0.6 is 0 Å². The van der Waals surface area contributed by atoms with Crippen LogP contribution in [0.15, 0.2) is 4.42 Å². The highest BCUT2D eigenvalue weighted by Crippen LogP contribution is 2.18. The Morgan fingerprint density at radius 3 is 2.75 bits per heavy atom. The third-order valence-corrected chi connectivity index (χ3v) is 2.90. The monoisotopic (exact) mass is 223 g/mol. The predicted octanol–water partition coefficient (Wildman–Crippen LogP) is 1.52. The maximum atomic E-state index is 5.51. The number of aromatic nitrogens is 1. The van der Waals surface area contributed by atoms with E-state index in [1.54, 1.807) is 0 Å². The van der Waals surface area contributed by atoms with E-state index in [9.17, 15) is 0 Å². The molecule has 1 aromatic heterocycles. The molecule has 1 aromatic rings. The minimum absolute atomic E-state index is 0.463. The summed E-state index contributed by atoms with van der Waals surface area (Å²) >= 11 is 0. The van der Waals surface area contributed by atoms with Crippen molar-refractivity contribution in [3.8, 4) is 0 Å². The Hall–Kier alpha value is -0.870. The summed E-state index contributed by atoms with van der Waals surface area (Å²) < 4.78 is 5.51. The molecule has 1 aliphatic rings. The Morgan fingerprint density at radius 2 is 2.19 bits per heavy atom. The highest BCUT2D eigenvalue weighted by Gasteiger charge is 2.20. The summed E-state index contributed by atoms with van der Waals surface area (Å²) in [5.74, 6) is 1.70. The maximum Gasteiger partial charge on any atom is 0.191 e. The number of oxazole rings is 1. The van der Waals surface area contributed by atoms with Crippen LogP contribution in [-0.2, 0) is 6.54 Å². The minimum atomic E-state index is 0.463. The SMILES string of the molecule is Cc1nc(C)c(CNC(C)CNC2CC2)o1. The molecule has 4 heteroatoms. The molecule has 0 radical (unpaired) electrons. The molecule has 2 N–H and O–H groups in total. The lowest BCUT2D eigenvalue weighted by atomic mass is 10.3. The molecule has 1 unspecified atom stereocenters. The highest BCUT2D eigenvalue weighted by molar-refractivity contribution is 5.07. The quantitative estimate of drug-likeness (QED) is 0.767. The van der Waals surface area contributed by atoms with Gasteiger partial charge in [0.1, 0.15) is 5.76 Å². The second-order valence-corrected chi connectivity index (χ2v) is 4.71. The topological polar surface area (TPSA) is 50.1 Å². The van der Waals surface area contributed by atoms with Crippen LogP contribution in [0.25, 0.3) is 0 Å². The molecule has 0 amide bonds. The van der Waals surface area contributed by atoms with Crippen LogP contribution in [0.4, 0.5) is 0 Å². The number of aryl methyl sites for hydroxylation is 2. The second kappa shape index (κ2) is 4.97. The fourth-order valence-corrected chi connectivity index (χ4v) is 1.71. The molecular formula is C12H21N3O. The standard InChI is InChI=1S/C12H21N3O/c1-8(6-14-11-4-5-11)13-7-12-9(2)15-10(3)16-12/h8,11,13-14H,4-7H2,1-3H3. The molecule has 1 fully saturated rings. The predicted molar refractivity (Wildman–Crippen MR) is 63.3 cm³/mol. The first-order valence-corrected chi connectivity index (χ1v) is 6.05. The normalized spacial score (nSPS) is 17.7. The van der Waals surface area contributed by atoms with Gasteiger partial charge in [0.25, 0.3) is 0 Å². The van der Waals surface area contributed by atoms with Crippen molar-refractivity contribution in [3.63, 3.8) is 0 Å². The van der Waals surface area contributed by atoms with E-state index in [4.69, 9.17) is 4.42 Å². The van der Waals surface area contributed by atoms with E-state index in [1.807, 2.05) is 13.8 Å². The van der Waals surface area contributed by atoms with Crippen molar-refractivity contribution in [2.24, 2.45) is 0 Å². The van der Waals surface area contributed by atoms with Gasteiger partial charge in [-0.15, -0.1) is 0 Å². The Morgan fingerprint density at radius 1 is 1.44 bits per heavy atom. The molecule has 1 atom stereocenters. The Kier molecular flexibility index (Phi) is 3.61. The van der Waals surface area contributed by atoms with Gasteiger partial charge < -0.3 is 15.1 Å². The van der Waals surface area contributed by atoms with Crippen LogP contribution in [0.2, 0.25) is 0 Å². The fraction of sp³-hybridized carbons (Fsp3) is 0.750. The van der Waals surface area contributed by atoms with Gasteiger partial charge >= 0.3 is 0 Å². The molecule has 0 spiro atoms. The first-order valence-electron chi connectivity index (χ1n) is 6.05. The maximum absolute atomic E-state index is 5.51. The van der Waals surface area contributed by atoms with Gasteiger partial charge in [0.2, 0.25) is 0 Å². The molecule has 90 valence electrons. The molecule has 2 rings (SSSR count). The van der Waals surface area contributed by atoms with Crippen LogP contribution in [0.1, 0.15) is 37.1 Å². The van der Waals surface area contributed by atoms with Crippen LogP contribution in [0, 0.1) is 13.8 Å². The van der Waals surface area contributed by atoms with E-state index >= 15 is 0 Å². The summed E-state index contributed by atoms with van der Waals surface area (Å²) in [6.45, 7) is 7.85. The zero-order chi connectivity index (χ0) is 11.5. The van der Waals surface area contributed by atoms with Gasteiger partial charge in [-0.25, -0.2) is 4.98 Å². The molecule has 0 saturated heterocycles. The van der Waals surface area contributed by atoms with Gasteiger partial charge in [0, 0.05) is 25.6 Å². The zero-order valence-corrected chi connectivity index (χ0v) is 10.3. The number of nitrogens with one attached hydrogen (secondary N) is 2. The Bertz CT molecular complexity index is 344. The van der Waals surface area contributed by atoms with Crippen LogP contribution in [0.3, 0.4) is 0 Å². The van der Waals surface area contributed by atoms with Crippen LogP contribution < -0.4 is 10.6 Å². The molecular weight excluding hydrogens is 202 g/mol. The van der Waals surface area contributed by atoms with Crippen LogP contribution in [-0.4, -0.2) is 23.6 Å². The van der Waals surface area contributed by atoms with Crippen molar-refractivity contribution < 1.29 is 4.42 Å². The summed E-state index contributed by atoms with van der Waals surface area (Å²) in [4.78, 5) is 4.25. The summed E-state index contributed by atoms with van der Waals surface area (Å²) in [6.07, 6.45) is 2.68. The lowest BCUT2D eigenvalue weighted by Crippen LogP contribution is -2.36. The van der Waals surface area contributed by atoms with Crippen molar-refractivity contribution >= 4 is 0 Å². The van der Waals surface area contributed by atoms with E-state index in [-0.39, 0.29) is 0 Å². The Labute approximate surface area is 96.8 Å². The first-order chi connectivity index (χ1) is 7.65. The van der Waals surface area contributed by atoms with Crippen molar-refractivity contribution in [1.29, 1.82) is 0 Å². The van der Waals surface area contributed by atoms with Gasteiger partial charge in [-0.05, 0) is 26.7 Å². The van der Waals surface area contributed by atoms with E-state index < -0.39 is 0 Å². The first kappa shape index (κ1) is 11.6. The number of hydrogen-bond donors (Lipinski definition) is 2. The number of nitrogens with zero attached hydrogens (tertiary/aromatic N) is 1. The molecule has 4 nitrogen and oxygen atoms in total. The van der Waals surface area contributed by atoms with Gasteiger partial charge in [0.15, 0.2) is 5.89 Å². The van der Waals surface area contributed by atoms with E-state index in [0.717, 1.165) is 36.5 Å². The third-order valence-electron chi connectivity index (χ3n) is 2.90. The molecule has 0 aliphatic heterocycles. The molecule has 0 aromatic carbocycles. The molecule has 16 heavy (non-hydrogen) atoms. The summed E-state index contributed by atoms with van der Waals surface area (Å²) in [6, 6.07) is 1.24. The van der Waals surface area contributed by atoms with E-state index in [0.29, 0.717) is 6.04 Å². The average molecular weight is 223 g/mol. The molecule has 1 saturated carbocycles. The zero-order valence-electron chi connectivity index (χ0n) is 10.3. The summed E-state index contributed by atoms with van der Waals surface area (Å²) in [7, 11) is 0. The summed E-state index contributed by atoms with van der Waals surface area (Å²) in [5.41, 5.74) is 0.993. The largest absolute Gasteiger partial charge is 0.444 e. The minimum Gasteiger partial charge on any atom is -0.444 e. The molecule has 1 aliphatic carbocycles. The van der Waals surface area contributed by atoms with Gasteiger partial charge in [-0.1, -0.05) is 0 Å². The van der Waals surface area contributed by atoms with E-state index in [2.05, 4.69) is 22.5 Å². The summed E-state index contributed by atoms with van der Waals surface area (Å²) in [5, 5.41) is 6.94. The third kappa shape index (κ3) is 3.32. The second-order valence-electron chi connectivity index (χ2n) is 4.71. The van der Waals surface area contributed by atoms with Crippen molar-refractivity contribution in [3.05, 3.63) is 17.3 Å². The van der Waals surface area contributed by atoms with Crippen molar-refractivity contribution in [2.75, 3.05) is 6.54 Å². The Balaban J connectivity index is 1.70. The lowest BCUT2D eigenvalue weighted by molar-refractivity contribution is 0.425. The molecule has 0 bridgehead atoms. The van der Waals surface area contributed by atoms with Crippen LogP contribution in [0.5, 0.6) is 0 Å². The van der Waals surface area contributed by atoms with Gasteiger partial charge in [-0.3, -0.25) is 0 Å². The smallest absolute Gasteiger partial charge is 0.191 e. The van der Waals surface area contributed by atoms with E-state index in [1.165, 1.54) is 12.8 Å². The number of hydrogen-bond acceptors (Lipinski definition) is 4. The van der Waals surface area contributed by atoms with Crippen molar-refractivity contribution in [2.45, 2.75) is 52.2 Å². The number of rotatable bonds is 6. The van der Waals surface area contributed by atoms with Gasteiger partial charge in [-0.2, -0.15) is 0 Å². The highest BCUT2D eigenvalue weighted by atomic mass is 16.4. The van der Waals surface area contributed by atoms with Crippen molar-refractivity contribution in [1.82, 2.24) is 15.6 Å². The fourth-order valence-electron chi connectivity index (χ4n) is 1.71. The molecule has 1 heterocycles. The lowest BCUT2D eigenvalue weighted by Gasteiger charge is -2.13. The average Bonchev–Trinajstić information content (AvgIpc) is 2.99. The van der Waals surface area contributed by atoms with Gasteiger partial charge in [0.05, 0.1) is 12.2 Å².